The van der Waals surface area contributed by atoms with E-state index in [1.165, 1.54) is 0 Å². The van der Waals surface area contributed by atoms with Crippen LogP contribution < -0.4 is 5.32 Å². The molecular weight excluding hydrogens is 133 g/mol. The summed E-state index contributed by atoms with van der Waals surface area (Å²) in [6.45, 7) is 2.03. The first kappa shape index (κ1) is 10.5. The zero-order chi connectivity index (χ0) is 4.99. The smallest absolute Gasteiger partial charge is 0.0374 e. The molecular formula is C4H11Cl2N. The van der Waals surface area contributed by atoms with Gasteiger partial charge in [0, 0.05) is 11.9 Å². The van der Waals surface area contributed by atoms with E-state index in [-0.39, 0.29) is 12.4 Å². The summed E-state index contributed by atoms with van der Waals surface area (Å²) < 4.78 is 0. The number of hydrogen-bond acceptors (Lipinski definition) is 1. The molecule has 0 amide bonds. The zero-order valence-electron chi connectivity index (χ0n) is 4.57. The van der Waals surface area contributed by atoms with Crippen LogP contribution in [0, 0.1) is 0 Å². The van der Waals surface area contributed by atoms with E-state index < -0.39 is 0 Å². The van der Waals surface area contributed by atoms with E-state index >= 15 is 0 Å². The third-order valence-electron chi connectivity index (χ3n) is 0.724. The zero-order valence-corrected chi connectivity index (χ0v) is 6.14. The molecule has 0 unspecified atom stereocenters. The summed E-state index contributed by atoms with van der Waals surface area (Å²) in [7, 11) is 1.90. The molecule has 0 aliphatic rings. The van der Waals surface area contributed by atoms with Crippen molar-refractivity contribution in [2.75, 3.05) is 12.9 Å². The van der Waals surface area contributed by atoms with Gasteiger partial charge in [-0.25, -0.2) is 0 Å². The molecule has 0 aliphatic carbocycles. The van der Waals surface area contributed by atoms with Gasteiger partial charge in [0.1, 0.15) is 0 Å². The molecule has 0 spiro atoms. The summed E-state index contributed by atoms with van der Waals surface area (Å²) in [6.07, 6.45) is 0. The number of alkyl halides is 1. The number of hydrogen-bond donors (Lipinski definition) is 1. The highest BCUT2D eigenvalue weighted by Crippen LogP contribution is 1.80. The van der Waals surface area contributed by atoms with Crippen molar-refractivity contribution in [1.82, 2.24) is 5.32 Å². The van der Waals surface area contributed by atoms with E-state index in [1.54, 1.807) is 0 Å². The molecule has 7 heavy (non-hydrogen) atoms. The highest BCUT2D eigenvalue weighted by molar-refractivity contribution is 6.18. The summed E-state index contributed by atoms with van der Waals surface area (Å²) in [5, 5.41) is 2.98. The summed E-state index contributed by atoms with van der Waals surface area (Å²) in [5.41, 5.74) is 0. The SMILES string of the molecule is CN[C@@H](C)CCl.Cl. The maximum atomic E-state index is 5.39. The van der Waals surface area contributed by atoms with Crippen LogP contribution in [0.15, 0.2) is 0 Å². The molecule has 1 nitrogen and oxygen atoms in total. The third kappa shape index (κ3) is 6.54. The molecule has 1 atom stereocenters. The molecule has 3 heteroatoms. The normalized spacial score (nSPS) is 12.4. The largest absolute Gasteiger partial charge is 0.316 e. The molecule has 0 aromatic rings. The first-order valence-corrected chi connectivity index (χ1v) is 2.58. The van der Waals surface area contributed by atoms with Gasteiger partial charge >= 0.3 is 0 Å². The highest BCUT2D eigenvalue weighted by atomic mass is 35.5. The predicted molar refractivity (Wildman–Crippen MR) is 36.5 cm³/mol. The third-order valence-corrected chi connectivity index (χ3v) is 1.19. The Kier molecular flexibility index (Phi) is 9.82. The van der Waals surface area contributed by atoms with Crippen LogP contribution >= 0.6 is 24.0 Å². The molecule has 0 heterocycles. The van der Waals surface area contributed by atoms with E-state index in [9.17, 15) is 0 Å². The number of rotatable bonds is 2. The Morgan fingerprint density at radius 3 is 2.14 bits per heavy atom. The average molecular weight is 144 g/mol. The molecule has 0 aromatic heterocycles. The standard InChI is InChI=1S/C4H10ClN.ClH/c1-4(3-5)6-2;/h4,6H,3H2,1-2H3;1H/t4-;/m0./s1. The Balaban J connectivity index is 0. The lowest BCUT2D eigenvalue weighted by Gasteiger charge is -2.00. The van der Waals surface area contributed by atoms with Crippen LogP contribution in [0.2, 0.25) is 0 Å². The molecule has 0 aliphatic heterocycles. The van der Waals surface area contributed by atoms with Gasteiger partial charge in [0.15, 0.2) is 0 Å². The van der Waals surface area contributed by atoms with E-state index in [1.807, 2.05) is 14.0 Å². The van der Waals surface area contributed by atoms with Crippen LogP contribution in [0.1, 0.15) is 6.92 Å². The highest BCUT2D eigenvalue weighted by Gasteiger charge is 1.88. The lowest BCUT2D eigenvalue weighted by Crippen LogP contribution is -2.22. The summed E-state index contributed by atoms with van der Waals surface area (Å²) >= 11 is 5.39. The monoisotopic (exact) mass is 143 g/mol. The first-order chi connectivity index (χ1) is 2.81. The van der Waals surface area contributed by atoms with Crippen LogP contribution in [0.25, 0.3) is 0 Å². The van der Waals surface area contributed by atoms with Crippen molar-refractivity contribution in [2.24, 2.45) is 0 Å². The molecule has 1 N–H and O–H groups in total. The Hall–Kier alpha value is 0.540. The molecule has 0 rings (SSSR count). The van der Waals surface area contributed by atoms with Crippen molar-refractivity contribution < 1.29 is 0 Å². The minimum absolute atomic E-state index is 0. The summed E-state index contributed by atoms with van der Waals surface area (Å²) in [6, 6.07) is 0.451. The second-order valence-electron chi connectivity index (χ2n) is 1.34. The Labute approximate surface area is 55.8 Å². The van der Waals surface area contributed by atoms with Gasteiger partial charge in [0.05, 0.1) is 0 Å². The lowest BCUT2D eigenvalue weighted by atomic mass is 10.4. The lowest BCUT2D eigenvalue weighted by molar-refractivity contribution is 0.674. The second-order valence-corrected chi connectivity index (χ2v) is 1.65. The molecule has 0 fully saturated rings. The molecule has 0 saturated carbocycles. The maximum absolute atomic E-state index is 5.39. The van der Waals surface area contributed by atoms with Crippen LogP contribution in [0.4, 0.5) is 0 Å². The van der Waals surface area contributed by atoms with Crippen LogP contribution in [0.3, 0.4) is 0 Å². The molecule has 0 radical (unpaired) electrons. The minimum atomic E-state index is 0. The molecule has 0 aromatic carbocycles. The maximum Gasteiger partial charge on any atom is 0.0374 e. The van der Waals surface area contributed by atoms with Gasteiger partial charge in [-0.1, -0.05) is 0 Å². The van der Waals surface area contributed by atoms with Gasteiger partial charge in [0.2, 0.25) is 0 Å². The topological polar surface area (TPSA) is 12.0 Å². The Morgan fingerprint density at radius 2 is 2.14 bits per heavy atom. The van der Waals surface area contributed by atoms with Crippen molar-refractivity contribution in [1.29, 1.82) is 0 Å². The van der Waals surface area contributed by atoms with Crippen LogP contribution in [-0.2, 0) is 0 Å². The summed E-state index contributed by atoms with van der Waals surface area (Å²) in [5.74, 6) is 0.691. The fourth-order valence-electron chi connectivity index (χ4n) is 0.0772. The predicted octanol–water partition coefficient (Wildman–Crippen LogP) is 1.25. The van der Waals surface area contributed by atoms with Crippen molar-refractivity contribution in [3.63, 3.8) is 0 Å². The van der Waals surface area contributed by atoms with Crippen molar-refractivity contribution in [2.45, 2.75) is 13.0 Å². The van der Waals surface area contributed by atoms with E-state index in [4.69, 9.17) is 11.6 Å². The van der Waals surface area contributed by atoms with Gasteiger partial charge in [-0.2, -0.15) is 0 Å². The fourth-order valence-corrected chi connectivity index (χ4v) is 0.231. The van der Waals surface area contributed by atoms with E-state index in [0.29, 0.717) is 11.9 Å². The van der Waals surface area contributed by atoms with Crippen molar-refractivity contribution >= 4 is 24.0 Å². The van der Waals surface area contributed by atoms with Gasteiger partial charge in [-0.05, 0) is 14.0 Å². The van der Waals surface area contributed by atoms with Gasteiger partial charge in [0.25, 0.3) is 0 Å². The first-order valence-electron chi connectivity index (χ1n) is 2.04. The Morgan fingerprint density at radius 1 is 1.71 bits per heavy atom. The van der Waals surface area contributed by atoms with E-state index in [0.717, 1.165) is 0 Å². The number of halogens is 2. The average Bonchev–Trinajstić information content (AvgIpc) is 1.65. The van der Waals surface area contributed by atoms with Gasteiger partial charge < -0.3 is 5.32 Å². The van der Waals surface area contributed by atoms with Crippen molar-refractivity contribution in [3.8, 4) is 0 Å². The summed E-state index contributed by atoms with van der Waals surface area (Å²) in [4.78, 5) is 0. The van der Waals surface area contributed by atoms with Crippen LogP contribution in [-0.4, -0.2) is 19.0 Å². The molecule has 46 valence electrons. The van der Waals surface area contributed by atoms with Crippen molar-refractivity contribution in [3.05, 3.63) is 0 Å². The minimum Gasteiger partial charge on any atom is -0.316 e. The Bertz CT molecular complexity index is 28.9. The molecule has 0 bridgehead atoms. The van der Waals surface area contributed by atoms with Crippen LogP contribution in [0.5, 0.6) is 0 Å². The van der Waals surface area contributed by atoms with E-state index in [2.05, 4.69) is 5.32 Å². The van der Waals surface area contributed by atoms with Gasteiger partial charge in [-0.3, -0.25) is 0 Å². The molecule has 0 saturated heterocycles. The quantitative estimate of drug-likeness (QED) is 0.575. The second kappa shape index (κ2) is 6.54. The number of nitrogens with one attached hydrogen (secondary N) is 1. The fraction of sp³-hybridized carbons (Fsp3) is 1.00. The van der Waals surface area contributed by atoms with Gasteiger partial charge in [-0.15, -0.1) is 24.0 Å².